The zero-order valence-electron chi connectivity index (χ0n) is 10.5. The smallest absolute Gasteiger partial charge is 0.150 e. The molecule has 0 unspecified atom stereocenters. The molecule has 0 saturated carbocycles. The Hall–Kier alpha value is -1.90. The number of fused-ring (bicyclic) bond motifs is 1. The molecule has 1 aliphatic rings. The van der Waals surface area contributed by atoms with Gasteiger partial charge >= 0.3 is 0 Å². The van der Waals surface area contributed by atoms with E-state index in [2.05, 4.69) is 17.9 Å². The van der Waals surface area contributed by atoms with Crippen molar-refractivity contribution in [1.82, 2.24) is 4.98 Å². The molecule has 0 spiro atoms. The summed E-state index contributed by atoms with van der Waals surface area (Å²) in [7, 11) is 0. The van der Waals surface area contributed by atoms with Crippen LogP contribution in [0.25, 0.3) is 10.9 Å². The summed E-state index contributed by atoms with van der Waals surface area (Å²) in [4.78, 5) is 17.8. The van der Waals surface area contributed by atoms with Crippen LogP contribution in [0.1, 0.15) is 28.8 Å². The molecule has 0 atom stereocenters. The molecule has 0 bridgehead atoms. The summed E-state index contributed by atoms with van der Waals surface area (Å²) in [5.74, 6) is 1.07. The quantitative estimate of drug-likeness (QED) is 0.757. The van der Waals surface area contributed by atoms with Gasteiger partial charge in [0.1, 0.15) is 12.1 Å². The molecule has 2 heterocycles. The van der Waals surface area contributed by atoms with Gasteiger partial charge in [-0.1, -0.05) is 0 Å². The number of pyridine rings is 1. The second-order valence-electron chi connectivity index (χ2n) is 4.89. The predicted octanol–water partition coefficient (Wildman–Crippen LogP) is 2.96. The van der Waals surface area contributed by atoms with Crippen LogP contribution in [0.5, 0.6) is 0 Å². The number of carbonyl (C=O) groups is 1. The van der Waals surface area contributed by atoms with Gasteiger partial charge in [-0.05, 0) is 49.6 Å². The molecule has 0 N–H and O–H groups in total. The van der Waals surface area contributed by atoms with E-state index in [-0.39, 0.29) is 0 Å². The van der Waals surface area contributed by atoms with Gasteiger partial charge in [-0.15, -0.1) is 0 Å². The number of anilines is 1. The fraction of sp³-hybridized carbons (Fsp3) is 0.333. The fourth-order valence-electron chi connectivity index (χ4n) is 2.58. The molecule has 1 aromatic carbocycles. The summed E-state index contributed by atoms with van der Waals surface area (Å²) >= 11 is 0. The van der Waals surface area contributed by atoms with Crippen LogP contribution >= 0.6 is 0 Å². The van der Waals surface area contributed by atoms with Crippen LogP contribution in [0.3, 0.4) is 0 Å². The van der Waals surface area contributed by atoms with E-state index >= 15 is 0 Å². The van der Waals surface area contributed by atoms with Crippen LogP contribution < -0.4 is 4.90 Å². The minimum Gasteiger partial charge on any atom is -0.357 e. The van der Waals surface area contributed by atoms with E-state index in [1.165, 1.54) is 18.4 Å². The van der Waals surface area contributed by atoms with Gasteiger partial charge in [-0.2, -0.15) is 0 Å². The van der Waals surface area contributed by atoms with Gasteiger partial charge < -0.3 is 4.90 Å². The maximum absolute atomic E-state index is 10.8. The monoisotopic (exact) mass is 240 g/mol. The van der Waals surface area contributed by atoms with Crippen LogP contribution in [-0.4, -0.2) is 24.4 Å². The van der Waals surface area contributed by atoms with E-state index in [1.807, 2.05) is 18.2 Å². The number of hydrogen-bond donors (Lipinski definition) is 0. The van der Waals surface area contributed by atoms with Crippen molar-refractivity contribution in [2.24, 2.45) is 0 Å². The molecule has 3 heteroatoms. The largest absolute Gasteiger partial charge is 0.357 e. The lowest BCUT2D eigenvalue weighted by Gasteiger charge is -2.17. The zero-order chi connectivity index (χ0) is 12.5. The molecule has 92 valence electrons. The number of benzene rings is 1. The maximum Gasteiger partial charge on any atom is 0.150 e. The van der Waals surface area contributed by atoms with Gasteiger partial charge in [0, 0.05) is 24.0 Å². The normalized spacial score (nSPS) is 15.3. The highest BCUT2D eigenvalue weighted by molar-refractivity contribution is 5.89. The van der Waals surface area contributed by atoms with Gasteiger partial charge in [0.15, 0.2) is 0 Å². The van der Waals surface area contributed by atoms with Crippen molar-refractivity contribution >= 4 is 23.0 Å². The molecule has 1 saturated heterocycles. The maximum atomic E-state index is 10.8. The predicted molar refractivity (Wildman–Crippen MR) is 73.3 cm³/mol. The molecule has 2 aromatic rings. The van der Waals surface area contributed by atoms with Crippen molar-refractivity contribution in [3.05, 3.63) is 35.4 Å². The lowest BCUT2D eigenvalue weighted by Crippen LogP contribution is -2.19. The Balaban J connectivity index is 2.12. The topological polar surface area (TPSA) is 33.2 Å². The first-order chi connectivity index (χ1) is 8.78. The molecule has 1 fully saturated rings. The number of rotatable bonds is 2. The molecular formula is C15H16N2O. The molecule has 0 aliphatic carbocycles. The van der Waals surface area contributed by atoms with Gasteiger partial charge in [0.05, 0.1) is 5.52 Å². The summed E-state index contributed by atoms with van der Waals surface area (Å²) in [6.45, 7) is 4.28. The molecule has 0 amide bonds. The molecule has 3 rings (SSSR count). The summed E-state index contributed by atoms with van der Waals surface area (Å²) < 4.78 is 0. The SMILES string of the molecule is Cc1cc(N2CCCC2)nc2ccc(C=O)cc12. The van der Waals surface area contributed by atoms with E-state index < -0.39 is 0 Å². The third-order valence-corrected chi connectivity index (χ3v) is 3.59. The third kappa shape index (κ3) is 1.86. The number of nitrogens with zero attached hydrogens (tertiary/aromatic N) is 2. The number of aldehydes is 1. The second kappa shape index (κ2) is 4.41. The average molecular weight is 240 g/mol. The highest BCUT2D eigenvalue weighted by Gasteiger charge is 2.14. The molecule has 3 nitrogen and oxygen atoms in total. The van der Waals surface area contributed by atoms with Crippen LogP contribution in [0.2, 0.25) is 0 Å². The summed E-state index contributed by atoms with van der Waals surface area (Å²) in [5, 5.41) is 1.07. The van der Waals surface area contributed by atoms with Crippen molar-refractivity contribution in [1.29, 1.82) is 0 Å². The van der Waals surface area contributed by atoms with Gasteiger partial charge in [-0.3, -0.25) is 4.79 Å². The number of hydrogen-bond acceptors (Lipinski definition) is 3. The average Bonchev–Trinajstić information content (AvgIpc) is 2.92. The minimum atomic E-state index is 0.710. The lowest BCUT2D eigenvalue weighted by molar-refractivity contribution is 0.112. The first kappa shape index (κ1) is 11.2. The number of aryl methyl sites for hydroxylation is 1. The van der Waals surface area contributed by atoms with Crippen LogP contribution in [0.4, 0.5) is 5.82 Å². The fourth-order valence-corrected chi connectivity index (χ4v) is 2.58. The van der Waals surface area contributed by atoms with Crippen molar-refractivity contribution in [2.75, 3.05) is 18.0 Å². The van der Waals surface area contributed by atoms with E-state index in [4.69, 9.17) is 4.98 Å². The Kier molecular flexibility index (Phi) is 2.74. The van der Waals surface area contributed by atoms with Gasteiger partial charge in [0.2, 0.25) is 0 Å². The molecule has 0 radical (unpaired) electrons. The van der Waals surface area contributed by atoms with Crippen molar-refractivity contribution in [3.8, 4) is 0 Å². The third-order valence-electron chi connectivity index (χ3n) is 3.59. The molecule has 18 heavy (non-hydrogen) atoms. The highest BCUT2D eigenvalue weighted by Crippen LogP contribution is 2.25. The first-order valence-electron chi connectivity index (χ1n) is 6.39. The van der Waals surface area contributed by atoms with E-state index in [0.717, 1.165) is 36.1 Å². The molecule has 1 aromatic heterocycles. The standard InChI is InChI=1S/C15H16N2O/c1-11-8-15(17-6-2-3-7-17)16-14-5-4-12(10-18)9-13(11)14/h4-5,8-10H,2-3,6-7H2,1H3. The van der Waals surface area contributed by atoms with Crippen molar-refractivity contribution < 1.29 is 4.79 Å². The Morgan fingerprint density at radius 1 is 1.22 bits per heavy atom. The van der Waals surface area contributed by atoms with Crippen molar-refractivity contribution in [3.63, 3.8) is 0 Å². The van der Waals surface area contributed by atoms with E-state index in [1.54, 1.807) is 0 Å². The van der Waals surface area contributed by atoms with E-state index in [0.29, 0.717) is 5.56 Å². The summed E-state index contributed by atoms with van der Waals surface area (Å²) in [6, 6.07) is 7.81. The van der Waals surface area contributed by atoms with Crippen molar-refractivity contribution in [2.45, 2.75) is 19.8 Å². The Labute approximate surface area is 106 Å². The number of carbonyl (C=O) groups excluding carboxylic acids is 1. The first-order valence-corrected chi connectivity index (χ1v) is 6.39. The Morgan fingerprint density at radius 3 is 2.72 bits per heavy atom. The van der Waals surface area contributed by atoms with Crippen LogP contribution in [0.15, 0.2) is 24.3 Å². The summed E-state index contributed by atoms with van der Waals surface area (Å²) in [6.07, 6.45) is 3.39. The van der Waals surface area contributed by atoms with Crippen LogP contribution in [-0.2, 0) is 0 Å². The zero-order valence-corrected chi connectivity index (χ0v) is 10.5. The molecule has 1 aliphatic heterocycles. The Bertz CT molecular complexity index is 601. The second-order valence-corrected chi connectivity index (χ2v) is 4.89. The Morgan fingerprint density at radius 2 is 2.00 bits per heavy atom. The molecular weight excluding hydrogens is 224 g/mol. The summed E-state index contributed by atoms with van der Waals surface area (Å²) in [5.41, 5.74) is 2.87. The lowest BCUT2D eigenvalue weighted by atomic mass is 10.1. The van der Waals surface area contributed by atoms with Crippen LogP contribution in [0, 0.1) is 6.92 Å². The van der Waals surface area contributed by atoms with Gasteiger partial charge in [-0.25, -0.2) is 4.98 Å². The van der Waals surface area contributed by atoms with Gasteiger partial charge in [0.25, 0.3) is 0 Å². The minimum absolute atomic E-state index is 0.710. The number of aromatic nitrogens is 1. The highest BCUT2D eigenvalue weighted by atomic mass is 16.1. The van der Waals surface area contributed by atoms with E-state index in [9.17, 15) is 4.79 Å².